The van der Waals surface area contributed by atoms with Gasteiger partial charge < -0.3 is 10.8 Å². The number of hydrogen-bond acceptors (Lipinski definition) is 3. The minimum atomic E-state index is -2.88. The van der Waals surface area contributed by atoms with Gasteiger partial charge in [0.05, 0.1) is 12.1 Å². The first-order valence-electron chi connectivity index (χ1n) is 3.86. The van der Waals surface area contributed by atoms with Gasteiger partial charge >= 0.3 is 5.97 Å². The molecule has 4 nitrogen and oxygen atoms in total. The van der Waals surface area contributed by atoms with Gasteiger partial charge in [-0.15, -0.1) is 0 Å². The number of aromatic nitrogens is 1. The Labute approximate surface area is 88.7 Å². The molecule has 15 heavy (non-hydrogen) atoms. The molecule has 7 heteroatoms. The van der Waals surface area contributed by atoms with Crippen LogP contribution in [0.2, 0.25) is 5.15 Å². The Kier molecular flexibility index (Phi) is 3.41. The maximum absolute atomic E-state index is 12.4. The van der Waals surface area contributed by atoms with E-state index in [4.69, 9.17) is 22.4 Å². The summed E-state index contributed by atoms with van der Waals surface area (Å²) in [5.41, 5.74) is 4.55. The Morgan fingerprint density at radius 3 is 2.73 bits per heavy atom. The number of carboxylic acids is 1. The molecule has 0 amide bonds. The number of hydrogen-bond donors (Lipinski definition) is 2. The number of nitrogen functional groups attached to an aromatic ring is 1. The monoisotopic (exact) mass is 236 g/mol. The summed E-state index contributed by atoms with van der Waals surface area (Å²) in [6, 6.07) is 1.10. The topological polar surface area (TPSA) is 76.2 Å². The Morgan fingerprint density at radius 1 is 1.67 bits per heavy atom. The van der Waals surface area contributed by atoms with Crippen molar-refractivity contribution in [1.29, 1.82) is 0 Å². The average Bonchev–Trinajstić information content (AvgIpc) is 2.09. The fourth-order valence-corrected chi connectivity index (χ4v) is 1.20. The average molecular weight is 237 g/mol. The number of anilines is 1. The van der Waals surface area contributed by atoms with E-state index in [9.17, 15) is 13.6 Å². The highest BCUT2D eigenvalue weighted by Gasteiger charge is 2.18. The van der Waals surface area contributed by atoms with Crippen molar-refractivity contribution in [3.8, 4) is 0 Å². The third-order valence-corrected chi connectivity index (χ3v) is 1.97. The summed E-state index contributed by atoms with van der Waals surface area (Å²) in [5.74, 6) is -1.24. The van der Waals surface area contributed by atoms with Gasteiger partial charge in [-0.05, 0) is 11.6 Å². The maximum atomic E-state index is 12.4. The van der Waals surface area contributed by atoms with Gasteiger partial charge in [-0.25, -0.2) is 13.8 Å². The van der Waals surface area contributed by atoms with Gasteiger partial charge in [0.15, 0.2) is 5.15 Å². The van der Waals surface area contributed by atoms with Gasteiger partial charge in [0.25, 0.3) is 6.43 Å². The van der Waals surface area contributed by atoms with Crippen LogP contribution in [0.15, 0.2) is 6.07 Å². The summed E-state index contributed by atoms with van der Waals surface area (Å²) in [6.07, 6.45) is -3.44. The molecule has 1 aromatic heterocycles. The zero-order valence-corrected chi connectivity index (χ0v) is 8.13. The van der Waals surface area contributed by atoms with Crippen molar-refractivity contribution < 1.29 is 18.7 Å². The molecule has 82 valence electrons. The molecule has 0 aliphatic carbocycles. The third kappa shape index (κ3) is 2.76. The van der Waals surface area contributed by atoms with Crippen molar-refractivity contribution >= 4 is 23.3 Å². The molecule has 0 spiro atoms. The molecular formula is C8H7ClF2N2O2. The van der Waals surface area contributed by atoms with E-state index >= 15 is 0 Å². The van der Waals surface area contributed by atoms with Crippen molar-refractivity contribution in [3.63, 3.8) is 0 Å². The zero-order valence-electron chi connectivity index (χ0n) is 7.38. The van der Waals surface area contributed by atoms with Gasteiger partial charge in [0.1, 0.15) is 5.69 Å². The second kappa shape index (κ2) is 4.39. The Bertz CT molecular complexity index is 398. The van der Waals surface area contributed by atoms with E-state index in [1.807, 2.05) is 0 Å². The van der Waals surface area contributed by atoms with Crippen LogP contribution in [0.25, 0.3) is 0 Å². The lowest BCUT2D eigenvalue weighted by Gasteiger charge is -2.08. The standard InChI is InChI=1S/C8H7ClF2N2O2/c9-7-4(12)1-3(2-5(14)15)6(13-7)8(10)11/h1,8H,2,12H2,(H,14,15). The molecule has 1 heterocycles. The van der Waals surface area contributed by atoms with E-state index in [1.54, 1.807) is 0 Å². The summed E-state index contributed by atoms with van der Waals surface area (Å²) < 4.78 is 24.9. The number of nitrogens with zero attached hydrogens (tertiary/aromatic N) is 1. The lowest BCUT2D eigenvalue weighted by molar-refractivity contribution is -0.136. The number of aliphatic carboxylic acids is 1. The molecular weight excluding hydrogens is 230 g/mol. The fraction of sp³-hybridized carbons (Fsp3) is 0.250. The quantitative estimate of drug-likeness (QED) is 0.786. The lowest BCUT2D eigenvalue weighted by Crippen LogP contribution is -2.07. The van der Waals surface area contributed by atoms with Crippen LogP contribution >= 0.6 is 11.6 Å². The summed E-state index contributed by atoms with van der Waals surface area (Å²) in [4.78, 5) is 13.7. The summed E-state index contributed by atoms with van der Waals surface area (Å²) in [5, 5.41) is 8.24. The minimum absolute atomic E-state index is 0.0164. The van der Waals surface area contributed by atoms with E-state index in [1.165, 1.54) is 0 Å². The van der Waals surface area contributed by atoms with E-state index in [-0.39, 0.29) is 16.4 Å². The molecule has 0 aliphatic rings. The first kappa shape index (κ1) is 11.6. The van der Waals surface area contributed by atoms with Crippen LogP contribution < -0.4 is 5.73 Å². The lowest BCUT2D eigenvalue weighted by atomic mass is 10.1. The highest BCUT2D eigenvalue weighted by molar-refractivity contribution is 6.31. The van der Waals surface area contributed by atoms with Crippen molar-refractivity contribution in [2.45, 2.75) is 12.8 Å². The van der Waals surface area contributed by atoms with Gasteiger partial charge in [0.2, 0.25) is 0 Å². The zero-order chi connectivity index (χ0) is 11.6. The van der Waals surface area contributed by atoms with Crippen LogP contribution in [0.3, 0.4) is 0 Å². The normalized spacial score (nSPS) is 10.7. The van der Waals surface area contributed by atoms with Crippen LogP contribution in [0.4, 0.5) is 14.5 Å². The molecule has 0 fully saturated rings. The second-order valence-corrected chi connectivity index (χ2v) is 3.14. The highest BCUT2D eigenvalue weighted by atomic mass is 35.5. The summed E-state index contributed by atoms with van der Waals surface area (Å²) in [6.45, 7) is 0. The Balaban J connectivity index is 3.21. The molecule has 3 N–H and O–H groups in total. The number of alkyl halides is 2. The largest absolute Gasteiger partial charge is 0.481 e. The van der Waals surface area contributed by atoms with Gasteiger partial charge in [-0.1, -0.05) is 11.6 Å². The van der Waals surface area contributed by atoms with Crippen molar-refractivity contribution in [2.24, 2.45) is 0 Å². The van der Waals surface area contributed by atoms with Crippen molar-refractivity contribution in [3.05, 3.63) is 22.5 Å². The fourth-order valence-electron chi connectivity index (χ4n) is 1.06. The molecule has 0 atom stereocenters. The smallest absolute Gasteiger partial charge is 0.307 e. The van der Waals surface area contributed by atoms with Crippen LogP contribution in [-0.2, 0) is 11.2 Å². The predicted molar refractivity (Wildman–Crippen MR) is 50.0 cm³/mol. The molecule has 0 saturated heterocycles. The van der Waals surface area contributed by atoms with Crippen molar-refractivity contribution in [1.82, 2.24) is 4.98 Å². The van der Waals surface area contributed by atoms with E-state index < -0.39 is 24.5 Å². The highest BCUT2D eigenvalue weighted by Crippen LogP contribution is 2.27. The molecule has 0 aliphatic heterocycles. The molecule has 0 saturated carbocycles. The summed E-state index contributed by atoms with van der Waals surface area (Å²) >= 11 is 5.45. The summed E-state index contributed by atoms with van der Waals surface area (Å²) in [7, 11) is 0. The Morgan fingerprint density at radius 2 is 2.27 bits per heavy atom. The Hall–Kier alpha value is -1.43. The second-order valence-electron chi connectivity index (χ2n) is 2.78. The van der Waals surface area contributed by atoms with Crippen molar-refractivity contribution in [2.75, 3.05) is 5.73 Å². The molecule has 0 unspecified atom stereocenters. The van der Waals surface area contributed by atoms with Gasteiger partial charge in [0, 0.05) is 0 Å². The number of nitrogens with two attached hydrogens (primary N) is 1. The number of pyridine rings is 1. The van der Waals surface area contributed by atoms with Crippen LogP contribution in [0.1, 0.15) is 17.7 Å². The minimum Gasteiger partial charge on any atom is -0.481 e. The first-order chi connectivity index (χ1) is 6.91. The molecule has 1 aromatic rings. The van der Waals surface area contributed by atoms with E-state index in [0.29, 0.717) is 0 Å². The predicted octanol–water partition coefficient (Wildman–Crippen LogP) is 1.88. The van der Waals surface area contributed by atoms with Crippen LogP contribution in [0, 0.1) is 0 Å². The number of rotatable bonds is 3. The number of carboxylic acid groups (broad SMARTS) is 1. The van der Waals surface area contributed by atoms with Crippen LogP contribution in [-0.4, -0.2) is 16.1 Å². The SMILES string of the molecule is Nc1cc(CC(=O)O)c(C(F)F)nc1Cl. The van der Waals surface area contributed by atoms with Gasteiger partial charge in [-0.3, -0.25) is 4.79 Å². The first-order valence-corrected chi connectivity index (χ1v) is 4.24. The molecule has 0 bridgehead atoms. The molecule has 1 rings (SSSR count). The molecule has 0 aromatic carbocycles. The van der Waals surface area contributed by atoms with Crippen LogP contribution in [0.5, 0.6) is 0 Å². The third-order valence-electron chi connectivity index (χ3n) is 1.66. The number of halogens is 3. The van der Waals surface area contributed by atoms with E-state index in [0.717, 1.165) is 6.07 Å². The maximum Gasteiger partial charge on any atom is 0.307 e. The van der Waals surface area contributed by atoms with E-state index in [2.05, 4.69) is 4.98 Å². The van der Waals surface area contributed by atoms with Gasteiger partial charge in [-0.2, -0.15) is 0 Å². The number of carbonyl (C=O) groups is 1. The molecule has 0 radical (unpaired) electrons.